The van der Waals surface area contributed by atoms with Gasteiger partial charge in [-0.1, -0.05) is 6.08 Å². The minimum absolute atomic E-state index is 0. The molecule has 3 nitrogen and oxygen atoms in total. The molecule has 12 heavy (non-hydrogen) atoms. The summed E-state index contributed by atoms with van der Waals surface area (Å²) in [5, 5.41) is 2.70. The molecule has 0 aliphatic heterocycles. The third-order valence-corrected chi connectivity index (χ3v) is 1.38. The lowest BCUT2D eigenvalue weighted by Gasteiger charge is -2.06. The molecule has 3 N–H and O–H groups in total. The number of rotatable bonds is 3. The molecule has 0 fully saturated rings. The first kappa shape index (κ1) is 14.0. The molecule has 0 aromatic rings. The lowest BCUT2D eigenvalue weighted by molar-refractivity contribution is -0.117. The van der Waals surface area contributed by atoms with E-state index in [1.54, 1.807) is 13.0 Å². The molecule has 0 aromatic carbocycles. The predicted octanol–water partition coefficient (Wildman–Crippen LogP) is 0.838. The van der Waals surface area contributed by atoms with Crippen LogP contribution in [0.2, 0.25) is 0 Å². The van der Waals surface area contributed by atoms with Crippen LogP contribution in [0.1, 0.15) is 20.8 Å². The molecule has 1 amide bonds. The highest BCUT2D eigenvalue weighted by Crippen LogP contribution is 1.90. The Kier molecular flexibility index (Phi) is 8.32. The second-order valence-electron chi connectivity index (χ2n) is 2.66. The number of nitrogens with one attached hydrogen (secondary N) is 1. The van der Waals surface area contributed by atoms with E-state index in [9.17, 15) is 4.79 Å². The van der Waals surface area contributed by atoms with Crippen LogP contribution in [0.3, 0.4) is 0 Å². The molecule has 4 heteroatoms. The lowest BCUT2D eigenvalue weighted by atomic mass is 10.2. The second-order valence-corrected chi connectivity index (χ2v) is 2.66. The van der Waals surface area contributed by atoms with Crippen molar-refractivity contribution in [1.82, 2.24) is 5.32 Å². The molecular weight excluding hydrogens is 176 g/mol. The van der Waals surface area contributed by atoms with E-state index in [-0.39, 0.29) is 24.4 Å². The normalized spacial score (nSPS) is 13.2. The monoisotopic (exact) mass is 192 g/mol. The van der Waals surface area contributed by atoms with Gasteiger partial charge in [0.2, 0.25) is 5.91 Å². The zero-order valence-electron chi connectivity index (χ0n) is 7.76. The van der Waals surface area contributed by atoms with E-state index in [0.717, 1.165) is 5.57 Å². The lowest BCUT2D eigenvalue weighted by Crippen LogP contribution is -2.35. The Morgan fingerprint density at radius 1 is 1.67 bits per heavy atom. The van der Waals surface area contributed by atoms with Gasteiger partial charge in [0.1, 0.15) is 0 Å². The van der Waals surface area contributed by atoms with Gasteiger partial charge in [-0.3, -0.25) is 4.79 Å². The Bertz CT molecular complexity index is 166. The van der Waals surface area contributed by atoms with Crippen molar-refractivity contribution in [3.63, 3.8) is 0 Å². The van der Waals surface area contributed by atoms with Gasteiger partial charge < -0.3 is 11.1 Å². The number of allylic oxidation sites excluding steroid dienone is 1. The molecule has 0 spiro atoms. The Hall–Kier alpha value is -0.540. The van der Waals surface area contributed by atoms with Gasteiger partial charge in [0.15, 0.2) is 0 Å². The summed E-state index contributed by atoms with van der Waals surface area (Å²) in [5.41, 5.74) is 6.18. The highest BCUT2D eigenvalue weighted by Gasteiger charge is 2.02. The molecule has 0 bridgehead atoms. The van der Waals surface area contributed by atoms with Crippen molar-refractivity contribution in [3.8, 4) is 0 Å². The Labute approximate surface area is 79.8 Å². The van der Waals surface area contributed by atoms with Gasteiger partial charge in [0.25, 0.3) is 0 Å². The molecule has 1 atom stereocenters. The van der Waals surface area contributed by atoms with Crippen molar-refractivity contribution in [3.05, 3.63) is 11.6 Å². The van der Waals surface area contributed by atoms with E-state index in [2.05, 4.69) is 5.32 Å². The van der Waals surface area contributed by atoms with Crippen LogP contribution >= 0.6 is 12.4 Å². The van der Waals surface area contributed by atoms with Gasteiger partial charge in [-0.25, -0.2) is 0 Å². The highest BCUT2D eigenvalue weighted by molar-refractivity contribution is 5.92. The third kappa shape index (κ3) is 6.19. The molecule has 0 rings (SSSR count). The van der Waals surface area contributed by atoms with Crippen molar-refractivity contribution >= 4 is 18.3 Å². The smallest absolute Gasteiger partial charge is 0.246 e. The topological polar surface area (TPSA) is 55.1 Å². The summed E-state index contributed by atoms with van der Waals surface area (Å²) in [7, 11) is 0. The van der Waals surface area contributed by atoms with Crippen molar-refractivity contribution < 1.29 is 4.79 Å². The van der Waals surface area contributed by atoms with Crippen molar-refractivity contribution in [1.29, 1.82) is 0 Å². The van der Waals surface area contributed by atoms with E-state index in [4.69, 9.17) is 5.73 Å². The number of nitrogens with two attached hydrogens (primary N) is 1. The molecule has 1 unspecified atom stereocenters. The van der Waals surface area contributed by atoms with E-state index in [1.807, 2.05) is 13.8 Å². The summed E-state index contributed by atoms with van der Waals surface area (Å²) < 4.78 is 0. The Balaban J connectivity index is 0. The highest BCUT2D eigenvalue weighted by atomic mass is 35.5. The first-order valence-electron chi connectivity index (χ1n) is 3.74. The van der Waals surface area contributed by atoms with Crippen molar-refractivity contribution in [2.75, 3.05) is 6.54 Å². The van der Waals surface area contributed by atoms with Gasteiger partial charge >= 0.3 is 0 Å². The largest absolute Gasteiger partial charge is 0.351 e. The van der Waals surface area contributed by atoms with Gasteiger partial charge in [-0.15, -0.1) is 12.4 Å². The number of halogens is 1. The van der Waals surface area contributed by atoms with E-state index < -0.39 is 0 Å². The fraction of sp³-hybridized carbons (Fsp3) is 0.625. The van der Waals surface area contributed by atoms with Crippen molar-refractivity contribution in [2.24, 2.45) is 5.73 Å². The van der Waals surface area contributed by atoms with Crippen LogP contribution < -0.4 is 11.1 Å². The maximum atomic E-state index is 11.0. The van der Waals surface area contributed by atoms with Crippen LogP contribution in [0.5, 0.6) is 0 Å². The molecule has 0 aromatic heterocycles. The number of carbonyl (C=O) groups excluding carboxylic acids is 1. The number of hydrogen-bond acceptors (Lipinski definition) is 2. The van der Waals surface area contributed by atoms with Crippen LogP contribution in [0.4, 0.5) is 0 Å². The van der Waals surface area contributed by atoms with Gasteiger partial charge in [0, 0.05) is 18.2 Å². The summed E-state index contributed by atoms with van der Waals surface area (Å²) in [6.07, 6.45) is 1.77. The van der Waals surface area contributed by atoms with Crippen molar-refractivity contribution in [2.45, 2.75) is 26.8 Å². The second kappa shape index (κ2) is 7.13. The minimum Gasteiger partial charge on any atom is -0.351 e. The van der Waals surface area contributed by atoms with Gasteiger partial charge in [-0.05, 0) is 20.8 Å². The molecule has 0 heterocycles. The number of amides is 1. The quantitative estimate of drug-likeness (QED) is 0.652. The molecule has 0 aliphatic rings. The molecule has 0 aliphatic carbocycles. The fourth-order valence-corrected chi connectivity index (χ4v) is 0.524. The first-order chi connectivity index (χ1) is 5.07. The number of hydrogen-bond donors (Lipinski definition) is 2. The average molecular weight is 193 g/mol. The zero-order valence-corrected chi connectivity index (χ0v) is 8.57. The SMILES string of the molecule is C/C=C(/C)C(=O)NCC(C)N.Cl. The summed E-state index contributed by atoms with van der Waals surface area (Å²) in [6, 6.07) is 0.0172. The average Bonchev–Trinajstić information content (AvgIpc) is 1.98. The molecular formula is C8H17ClN2O. The Morgan fingerprint density at radius 3 is 2.50 bits per heavy atom. The molecule has 0 saturated heterocycles. The van der Waals surface area contributed by atoms with Gasteiger partial charge in [0.05, 0.1) is 0 Å². The minimum atomic E-state index is -0.0372. The Morgan fingerprint density at radius 2 is 2.17 bits per heavy atom. The van der Waals surface area contributed by atoms with Crippen LogP contribution in [-0.4, -0.2) is 18.5 Å². The summed E-state index contributed by atoms with van der Waals surface area (Å²) >= 11 is 0. The molecule has 0 saturated carbocycles. The maximum Gasteiger partial charge on any atom is 0.246 e. The zero-order chi connectivity index (χ0) is 8.85. The standard InChI is InChI=1S/C8H16N2O.ClH/c1-4-6(2)8(11)10-5-7(3)9;/h4,7H,5,9H2,1-3H3,(H,10,11);1H/b6-4-;. The van der Waals surface area contributed by atoms with Crippen LogP contribution in [0.15, 0.2) is 11.6 Å². The molecule has 72 valence electrons. The fourth-order valence-electron chi connectivity index (χ4n) is 0.524. The maximum absolute atomic E-state index is 11.0. The van der Waals surface area contributed by atoms with Crippen LogP contribution in [0.25, 0.3) is 0 Å². The van der Waals surface area contributed by atoms with Crippen LogP contribution in [-0.2, 0) is 4.79 Å². The van der Waals surface area contributed by atoms with E-state index in [1.165, 1.54) is 0 Å². The molecule has 0 radical (unpaired) electrons. The van der Waals surface area contributed by atoms with Gasteiger partial charge in [-0.2, -0.15) is 0 Å². The van der Waals surface area contributed by atoms with E-state index in [0.29, 0.717) is 6.54 Å². The third-order valence-electron chi connectivity index (χ3n) is 1.38. The summed E-state index contributed by atoms with van der Waals surface area (Å²) in [4.78, 5) is 11.0. The first-order valence-corrected chi connectivity index (χ1v) is 3.74. The van der Waals surface area contributed by atoms with E-state index >= 15 is 0 Å². The number of carbonyl (C=O) groups is 1. The predicted molar refractivity (Wildman–Crippen MR) is 53.3 cm³/mol. The van der Waals surface area contributed by atoms with Crippen LogP contribution in [0, 0.1) is 0 Å². The summed E-state index contributed by atoms with van der Waals surface area (Å²) in [5.74, 6) is -0.0372. The summed E-state index contributed by atoms with van der Waals surface area (Å²) in [6.45, 7) is 5.99.